The molecule has 0 spiro atoms. The summed E-state index contributed by atoms with van der Waals surface area (Å²) in [6.07, 6.45) is 1.86. The number of hydrazone groups is 1. The number of nitrogens with zero attached hydrogens (tertiary/aromatic N) is 3. The minimum atomic E-state index is -0.607. The summed E-state index contributed by atoms with van der Waals surface area (Å²) >= 11 is 0. The fourth-order valence-electron chi connectivity index (χ4n) is 4.19. The predicted molar refractivity (Wildman–Crippen MR) is 112 cm³/mol. The van der Waals surface area contributed by atoms with Gasteiger partial charge in [-0.2, -0.15) is 5.10 Å². The average Bonchev–Trinajstić information content (AvgIpc) is 3.20. The van der Waals surface area contributed by atoms with Gasteiger partial charge in [0.1, 0.15) is 0 Å². The number of amides is 2. The maximum atomic E-state index is 13.6. The number of benzene rings is 2. The molecule has 1 atom stereocenters. The quantitative estimate of drug-likeness (QED) is 0.848. The summed E-state index contributed by atoms with van der Waals surface area (Å²) in [5.74, 6) is 0. The molecule has 29 heavy (non-hydrogen) atoms. The Kier molecular flexibility index (Phi) is 5.92. The van der Waals surface area contributed by atoms with E-state index in [9.17, 15) is 9.90 Å². The summed E-state index contributed by atoms with van der Waals surface area (Å²) < 4.78 is 5.42. The normalized spacial score (nSPS) is 21.9. The Labute approximate surface area is 171 Å². The first-order valence-electron chi connectivity index (χ1n) is 10.2. The molecule has 1 N–H and O–H groups in total. The molecule has 0 radical (unpaired) electrons. The zero-order valence-corrected chi connectivity index (χ0v) is 16.5. The molecule has 2 amide bonds. The lowest BCUT2D eigenvalue weighted by atomic mass is 9.80. The highest BCUT2D eigenvalue weighted by molar-refractivity contribution is 6.03. The molecule has 152 valence electrons. The first kappa shape index (κ1) is 19.6. The molecule has 2 aromatic rings. The molecule has 1 unspecified atom stereocenters. The van der Waals surface area contributed by atoms with Crippen LogP contribution in [0.1, 0.15) is 30.4 Å². The van der Waals surface area contributed by atoms with Crippen LogP contribution in [-0.2, 0) is 10.3 Å². The number of hydrogen-bond acceptors (Lipinski definition) is 4. The van der Waals surface area contributed by atoms with Gasteiger partial charge in [-0.05, 0) is 24.0 Å². The predicted octanol–water partition coefficient (Wildman–Crippen LogP) is 3.22. The Bertz CT molecular complexity index is 850. The second kappa shape index (κ2) is 8.76. The minimum absolute atomic E-state index is 0.0782. The van der Waals surface area contributed by atoms with Crippen LogP contribution >= 0.6 is 0 Å². The molecule has 1 saturated heterocycles. The van der Waals surface area contributed by atoms with Crippen molar-refractivity contribution in [2.45, 2.75) is 24.8 Å². The van der Waals surface area contributed by atoms with E-state index in [1.165, 1.54) is 0 Å². The number of aliphatic hydroxyl groups excluding tert-OH is 1. The fourth-order valence-corrected chi connectivity index (χ4v) is 4.19. The van der Waals surface area contributed by atoms with Crippen LogP contribution in [0.5, 0.6) is 0 Å². The SMILES string of the molecule is O=C(N1CCOCC1)N1N=C(c2ccccc2)CC1(CCCO)c1ccccc1. The number of urea groups is 1. The third-order valence-electron chi connectivity index (χ3n) is 5.72. The molecule has 1 fully saturated rings. The number of aliphatic hydroxyl groups is 1. The van der Waals surface area contributed by atoms with E-state index in [0.29, 0.717) is 45.6 Å². The summed E-state index contributed by atoms with van der Waals surface area (Å²) in [7, 11) is 0. The maximum absolute atomic E-state index is 13.6. The Hall–Kier alpha value is -2.70. The highest BCUT2D eigenvalue weighted by atomic mass is 16.5. The maximum Gasteiger partial charge on any atom is 0.341 e. The van der Waals surface area contributed by atoms with Crippen LogP contribution in [0.4, 0.5) is 4.79 Å². The van der Waals surface area contributed by atoms with Crippen molar-refractivity contribution in [3.8, 4) is 0 Å². The number of carbonyl (C=O) groups is 1. The summed E-state index contributed by atoms with van der Waals surface area (Å²) in [6.45, 7) is 2.30. The number of hydrogen-bond donors (Lipinski definition) is 1. The largest absolute Gasteiger partial charge is 0.396 e. The first-order valence-corrected chi connectivity index (χ1v) is 10.2. The van der Waals surface area contributed by atoms with Gasteiger partial charge in [-0.1, -0.05) is 60.7 Å². The lowest BCUT2D eigenvalue weighted by Gasteiger charge is -2.40. The minimum Gasteiger partial charge on any atom is -0.396 e. The molecule has 0 saturated carbocycles. The van der Waals surface area contributed by atoms with Crippen molar-refractivity contribution in [3.05, 3.63) is 71.8 Å². The van der Waals surface area contributed by atoms with E-state index >= 15 is 0 Å². The van der Waals surface area contributed by atoms with E-state index in [1.807, 2.05) is 53.4 Å². The van der Waals surface area contributed by atoms with Crippen molar-refractivity contribution in [1.29, 1.82) is 0 Å². The zero-order valence-electron chi connectivity index (χ0n) is 16.5. The lowest BCUT2D eigenvalue weighted by molar-refractivity contribution is 0.0283. The number of carbonyl (C=O) groups excluding carboxylic acids is 1. The number of rotatable bonds is 5. The molecule has 6 nitrogen and oxygen atoms in total. The van der Waals surface area contributed by atoms with Crippen molar-refractivity contribution in [3.63, 3.8) is 0 Å². The van der Waals surface area contributed by atoms with Crippen LogP contribution in [0.2, 0.25) is 0 Å². The van der Waals surface area contributed by atoms with E-state index in [1.54, 1.807) is 5.01 Å². The van der Waals surface area contributed by atoms with Crippen LogP contribution in [-0.4, -0.2) is 59.7 Å². The van der Waals surface area contributed by atoms with Gasteiger partial charge in [-0.15, -0.1) is 0 Å². The standard InChI is InChI=1S/C23H27N3O3/c27-15-7-12-23(20-10-5-2-6-11-20)18-21(19-8-3-1-4-9-19)24-26(23)22(28)25-13-16-29-17-14-25/h1-6,8-11,27H,7,12-18H2. The van der Waals surface area contributed by atoms with Gasteiger partial charge in [0.25, 0.3) is 0 Å². The number of ether oxygens (including phenoxy) is 1. The van der Waals surface area contributed by atoms with Crippen molar-refractivity contribution < 1.29 is 14.6 Å². The molecule has 2 aliphatic rings. The second-order valence-corrected chi connectivity index (χ2v) is 7.51. The molecule has 2 heterocycles. The summed E-state index contributed by atoms with van der Waals surface area (Å²) in [5.41, 5.74) is 2.36. The highest BCUT2D eigenvalue weighted by Gasteiger charge is 2.48. The van der Waals surface area contributed by atoms with Gasteiger partial charge in [0.05, 0.1) is 24.5 Å². The van der Waals surface area contributed by atoms with E-state index in [0.717, 1.165) is 16.8 Å². The summed E-state index contributed by atoms with van der Waals surface area (Å²) in [4.78, 5) is 15.4. The highest BCUT2D eigenvalue weighted by Crippen LogP contribution is 2.43. The molecule has 0 aromatic heterocycles. The fraction of sp³-hybridized carbons (Fsp3) is 0.391. The van der Waals surface area contributed by atoms with E-state index in [2.05, 4.69) is 12.1 Å². The third-order valence-corrected chi connectivity index (χ3v) is 5.72. The van der Waals surface area contributed by atoms with Crippen LogP contribution < -0.4 is 0 Å². The van der Waals surface area contributed by atoms with Gasteiger partial charge in [0.15, 0.2) is 0 Å². The van der Waals surface area contributed by atoms with Gasteiger partial charge in [-0.25, -0.2) is 9.80 Å². The molecule has 4 rings (SSSR count). The number of morpholine rings is 1. The Balaban J connectivity index is 1.77. The Morgan fingerprint density at radius 3 is 2.34 bits per heavy atom. The topological polar surface area (TPSA) is 65.4 Å². The zero-order chi connectivity index (χ0) is 20.1. The van der Waals surface area contributed by atoms with Gasteiger partial charge in [0, 0.05) is 26.1 Å². The van der Waals surface area contributed by atoms with Gasteiger partial charge < -0.3 is 14.7 Å². The smallest absolute Gasteiger partial charge is 0.341 e. The van der Waals surface area contributed by atoms with Crippen molar-refractivity contribution in [2.75, 3.05) is 32.9 Å². The van der Waals surface area contributed by atoms with E-state index < -0.39 is 5.54 Å². The van der Waals surface area contributed by atoms with Crippen LogP contribution in [0, 0.1) is 0 Å². The molecule has 0 bridgehead atoms. The van der Waals surface area contributed by atoms with Gasteiger partial charge >= 0.3 is 6.03 Å². The van der Waals surface area contributed by atoms with Gasteiger partial charge in [-0.3, -0.25) is 0 Å². The molecular formula is C23H27N3O3. The van der Waals surface area contributed by atoms with Crippen LogP contribution in [0.3, 0.4) is 0 Å². The van der Waals surface area contributed by atoms with E-state index in [4.69, 9.17) is 9.84 Å². The van der Waals surface area contributed by atoms with Gasteiger partial charge in [0.2, 0.25) is 0 Å². The second-order valence-electron chi connectivity index (χ2n) is 7.51. The van der Waals surface area contributed by atoms with Crippen LogP contribution in [0.15, 0.2) is 65.8 Å². The van der Waals surface area contributed by atoms with E-state index in [-0.39, 0.29) is 12.6 Å². The van der Waals surface area contributed by atoms with Crippen molar-refractivity contribution in [1.82, 2.24) is 9.91 Å². The Morgan fingerprint density at radius 1 is 1.03 bits per heavy atom. The molecule has 6 heteroatoms. The average molecular weight is 393 g/mol. The lowest BCUT2D eigenvalue weighted by Crippen LogP contribution is -2.52. The Morgan fingerprint density at radius 2 is 1.69 bits per heavy atom. The summed E-state index contributed by atoms with van der Waals surface area (Å²) in [6, 6.07) is 20.0. The van der Waals surface area contributed by atoms with Crippen molar-refractivity contribution >= 4 is 11.7 Å². The third kappa shape index (κ3) is 3.91. The summed E-state index contributed by atoms with van der Waals surface area (Å²) in [5, 5.41) is 16.1. The molecule has 2 aromatic carbocycles. The first-order chi connectivity index (χ1) is 14.2. The molecule has 2 aliphatic heterocycles. The molecular weight excluding hydrogens is 366 g/mol. The monoisotopic (exact) mass is 393 g/mol. The van der Waals surface area contributed by atoms with Crippen LogP contribution in [0.25, 0.3) is 0 Å². The molecule has 0 aliphatic carbocycles. The van der Waals surface area contributed by atoms with Crippen molar-refractivity contribution in [2.24, 2.45) is 5.10 Å².